The highest BCUT2D eigenvalue weighted by Crippen LogP contribution is 2.20. The average Bonchev–Trinajstić information content (AvgIpc) is 2.93. The molecule has 1 rings (SSSR count). The van der Waals surface area contributed by atoms with Crippen LogP contribution in [0, 0.1) is 5.92 Å². The van der Waals surface area contributed by atoms with E-state index in [1.165, 1.54) is 0 Å². The Morgan fingerprint density at radius 3 is 2.80 bits per heavy atom. The summed E-state index contributed by atoms with van der Waals surface area (Å²) >= 11 is 0. The van der Waals surface area contributed by atoms with Gasteiger partial charge in [0.15, 0.2) is 0 Å². The predicted octanol–water partition coefficient (Wildman–Crippen LogP) is 2.31. The Morgan fingerprint density at radius 2 is 2.15 bits per heavy atom. The van der Waals surface area contributed by atoms with Crippen LogP contribution in [0.25, 0.3) is 0 Å². The van der Waals surface area contributed by atoms with Crippen LogP contribution in [0.3, 0.4) is 0 Å². The molecule has 1 aliphatic heterocycles. The van der Waals surface area contributed by atoms with Crippen molar-refractivity contribution in [3.05, 3.63) is 12.2 Å². The van der Waals surface area contributed by atoms with Crippen LogP contribution in [0.5, 0.6) is 0 Å². The molecular formula is C16H27NO3. The summed E-state index contributed by atoms with van der Waals surface area (Å²) in [5.74, 6) is -0.650. The fourth-order valence-corrected chi connectivity index (χ4v) is 2.65. The normalized spacial score (nSPS) is 20.6. The number of aliphatic hydroxyl groups is 1. The van der Waals surface area contributed by atoms with E-state index in [2.05, 4.69) is 6.08 Å². The van der Waals surface area contributed by atoms with E-state index in [0.29, 0.717) is 13.0 Å². The maximum absolute atomic E-state index is 12.3. The van der Waals surface area contributed by atoms with Crippen molar-refractivity contribution >= 4 is 11.7 Å². The smallest absolute Gasteiger partial charge is 0.233 e. The number of unbranched alkanes of at least 4 members (excludes halogenated alkanes) is 2. The number of Topliss-reactive ketones (excluding diaryl/α,β-unsaturated/α-hetero) is 1. The molecule has 1 unspecified atom stereocenters. The molecule has 0 aliphatic carbocycles. The highest BCUT2D eigenvalue weighted by Gasteiger charge is 2.33. The fraction of sp³-hybridized carbons (Fsp3) is 0.750. The summed E-state index contributed by atoms with van der Waals surface area (Å²) in [7, 11) is 0. The average molecular weight is 281 g/mol. The van der Waals surface area contributed by atoms with Crippen molar-refractivity contribution in [3.8, 4) is 0 Å². The quantitative estimate of drug-likeness (QED) is 0.422. The number of hydrogen-bond acceptors (Lipinski definition) is 3. The number of amides is 1. The number of likely N-dealkylation sites (tertiary alicyclic amines) is 1. The number of carbonyl (C=O) groups excluding carboxylic acids is 2. The van der Waals surface area contributed by atoms with E-state index in [9.17, 15) is 14.7 Å². The maximum Gasteiger partial charge on any atom is 0.233 e. The number of hydrogen-bond donors (Lipinski definition) is 1. The molecule has 0 bridgehead atoms. The van der Waals surface area contributed by atoms with E-state index in [-0.39, 0.29) is 24.3 Å². The van der Waals surface area contributed by atoms with Crippen molar-refractivity contribution < 1.29 is 14.7 Å². The molecule has 114 valence electrons. The second-order valence-electron chi connectivity index (χ2n) is 5.51. The number of allylic oxidation sites excluding steroid dienone is 2. The zero-order chi connectivity index (χ0) is 15.0. The lowest BCUT2D eigenvalue weighted by atomic mass is 9.99. The van der Waals surface area contributed by atoms with Crippen LogP contribution < -0.4 is 0 Å². The van der Waals surface area contributed by atoms with Gasteiger partial charge in [0.25, 0.3) is 0 Å². The minimum absolute atomic E-state index is 0.00397. The predicted molar refractivity (Wildman–Crippen MR) is 79.3 cm³/mol. The number of nitrogens with zero attached hydrogens (tertiary/aromatic N) is 1. The van der Waals surface area contributed by atoms with Crippen LogP contribution in [0.15, 0.2) is 12.2 Å². The van der Waals surface area contributed by atoms with Gasteiger partial charge in [0.05, 0.1) is 18.6 Å². The summed E-state index contributed by atoms with van der Waals surface area (Å²) in [4.78, 5) is 26.0. The lowest BCUT2D eigenvalue weighted by Crippen LogP contribution is -2.42. The Bertz CT molecular complexity index is 352. The molecule has 0 aromatic rings. The number of ketones is 1. The Balaban J connectivity index is 2.37. The van der Waals surface area contributed by atoms with Crippen molar-refractivity contribution in [2.24, 2.45) is 5.92 Å². The first-order chi connectivity index (χ1) is 9.61. The lowest BCUT2D eigenvalue weighted by Gasteiger charge is -2.25. The summed E-state index contributed by atoms with van der Waals surface area (Å²) < 4.78 is 0. The van der Waals surface area contributed by atoms with Gasteiger partial charge in [-0.25, -0.2) is 0 Å². The van der Waals surface area contributed by atoms with Gasteiger partial charge < -0.3 is 10.0 Å². The molecule has 1 saturated heterocycles. The SMILES string of the molecule is C/C=C/CCCCC(=O)C(C)C(=O)N1CCC[C@H]1CO. The van der Waals surface area contributed by atoms with Crippen LogP contribution in [0.2, 0.25) is 0 Å². The largest absolute Gasteiger partial charge is 0.394 e. The van der Waals surface area contributed by atoms with E-state index in [1.807, 2.05) is 13.0 Å². The highest BCUT2D eigenvalue weighted by molar-refractivity contribution is 6.01. The van der Waals surface area contributed by atoms with Gasteiger partial charge in [-0.1, -0.05) is 12.2 Å². The molecular weight excluding hydrogens is 254 g/mol. The Hall–Kier alpha value is -1.16. The Kier molecular flexibility index (Phi) is 7.52. The van der Waals surface area contributed by atoms with Gasteiger partial charge in [-0.3, -0.25) is 9.59 Å². The van der Waals surface area contributed by atoms with Gasteiger partial charge in [-0.15, -0.1) is 0 Å². The molecule has 4 nitrogen and oxygen atoms in total. The van der Waals surface area contributed by atoms with Gasteiger partial charge in [0.1, 0.15) is 5.78 Å². The monoisotopic (exact) mass is 281 g/mol. The van der Waals surface area contributed by atoms with Gasteiger partial charge in [0, 0.05) is 13.0 Å². The topological polar surface area (TPSA) is 57.6 Å². The summed E-state index contributed by atoms with van der Waals surface area (Å²) in [6, 6.07) is -0.0903. The molecule has 1 aliphatic rings. The van der Waals surface area contributed by atoms with Crippen LogP contribution in [-0.4, -0.2) is 40.9 Å². The molecule has 1 fully saturated rings. The zero-order valence-corrected chi connectivity index (χ0v) is 12.7. The van der Waals surface area contributed by atoms with Gasteiger partial charge >= 0.3 is 0 Å². The Labute approximate surface area is 121 Å². The first kappa shape index (κ1) is 16.9. The van der Waals surface area contributed by atoms with E-state index in [4.69, 9.17) is 0 Å². The van der Waals surface area contributed by atoms with Crippen LogP contribution in [-0.2, 0) is 9.59 Å². The van der Waals surface area contributed by atoms with E-state index >= 15 is 0 Å². The number of aliphatic hydroxyl groups excluding tert-OH is 1. The lowest BCUT2D eigenvalue weighted by molar-refractivity contribution is -0.141. The van der Waals surface area contributed by atoms with Crippen molar-refractivity contribution in [1.82, 2.24) is 4.90 Å². The summed E-state index contributed by atoms with van der Waals surface area (Å²) in [5, 5.41) is 9.24. The van der Waals surface area contributed by atoms with Crippen LogP contribution in [0.4, 0.5) is 0 Å². The molecule has 1 heterocycles. The molecule has 0 spiro atoms. The molecule has 0 aromatic heterocycles. The van der Waals surface area contributed by atoms with E-state index in [0.717, 1.165) is 32.1 Å². The molecule has 20 heavy (non-hydrogen) atoms. The minimum Gasteiger partial charge on any atom is -0.394 e. The zero-order valence-electron chi connectivity index (χ0n) is 12.7. The second-order valence-corrected chi connectivity index (χ2v) is 5.51. The van der Waals surface area contributed by atoms with Crippen molar-refractivity contribution in [2.45, 2.75) is 58.4 Å². The van der Waals surface area contributed by atoms with Crippen molar-refractivity contribution in [2.75, 3.05) is 13.2 Å². The van der Waals surface area contributed by atoms with Crippen molar-refractivity contribution in [3.63, 3.8) is 0 Å². The third-order valence-corrected chi connectivity index (χ3v) is 4.00. The first-order valence-electron chi connectivity index (χ1n) is 7.67. The third-order valence-electron chi connectivity index (χ3n) is 4.00. The fourth-order valence-electron chi connectivity index (χ4n) is 2.65. The summed E-state index contributed by atoms with van der Waals surface area (Å²) in [6.45, 7) is 4.35. The van der Waals surface area contributed by atoms with Crippen molar-refractivity contribution in [1.29, 1.82) is 0 Å². The molecule has 0 aromatic carbocycles. The first-order valence-corrected chi connectivity index (χ1v) is 7.67. The molecule has 2 atom stereocenters. The standard InChI is InChI=1S/C16H27NO3/c1-3-4-5-6-7-10-15(19)13(2)16(20)17-11-8-9-14(17)12-18/h3-4,13-14,18H,5-12H2,1-2H3/b4-3+/t13?,14-/m0/s1. The van der Waals surface area contributed by atoms with Gasteiger partial charge in [-0.05, 0) is 46.0 Å². The van der Waals surface area contributed by atoms with Gasteiger partial charge in [-0.2, -0.15) is 0 Å². The second kappa shape index (κ2) is 8.90. The Morgan fingerprint density at radius 1 is 1.40 bits per heavy atom. The van der Waals surface area contributed by atoms with E-state index < -0.39 is 5.92 Å². The molecule has 4 heteroatoms. The summed E-state index contributed by atoms with van der Waals surface area (Å²) in [6.07, 6.45) is 9.15. The minimum atomic E-state index is -0.566. The third kappa shape index (κ3) is 4.75. The van der Waals surface area contributed by atoms with Crippen LogP contribution >= 0.6 is 0 Å². The molecule has 0 saturated carbocycles. The number of rotatable bonds is 8. The highest BCUT2D eigenvalue weighted by atomic mass is 16.3. The van der Waals surface area contributed by atoms with Gasteiger partial charge in [0.2, 0.25) is 5.91 Å². The van der Waals surface area contributed by atoms with E-state index in [1.54, 1.807) is 11.8 Å². The van der Waals surface area contributed by atoms with Crippen LogP contribution in [0.1, 0.15) is 52.4 Å². The molecule has 0 radical (unpaired) electrons. The molecule has 1 amide bonds. The molecule has 1 N–H and O–H groups in total. The maximum atomic E-state index is 12.3. The number of carbonyl (C=O) groups is 2. The summed E-state index contributed by atoms with van der Waals surface area (Å²) in [5.41, 5.74) is 0.